The minimum absolute atomic E-state index is 0.459. The van der Waals surface area contributed by atoms with Gasteiger partial charge in [0, 0.05) is 6.54 Å². The van der Waals surface area contributed by atoms with Crippen molar-refractivity contribution in [3.8, 4) is 0 Å². The van der Waals surface area contributed by atoms with Gasteiger partial charge in [0.05, 0.1) is 11.0 Å². The van der Waals surface area contributed by atoms with Gasteiger partial charge in [-0.2, -0.15) is 0 Å². The number of hydrogen-bond donors (Lipinski definition) is 2. The number of para-hydroxylation sites is 2. The topological polar surface area (TPSA) is 69.2 Å². The molecule has 2 heterocycles. The van der Waals surface area contributed by atoms with Gasteiger partial charge in [0.25, 0.3) is 0 Å². The number of H-pyrrole nitrogens is 1. The summed E-state index contributed by atoms with van der Waals surface area (Å²) in [7, 11) is 0. The van der Waals surface area contributed by atoms with Gasteiger partial charge >= 0.3 is 5.97 Å². The summed E-state index contributed by atoms with van der Waals surface area (Å²) in [6.07, 6.45) is 2.67. The van der Waals surface area contributed by atoms with Gasteiger partial charge in [-0.3, -0.25) is 0 Å². The van der Waals surface area contributed by atoms with E-state index in [1.54, 1.807) is 0 Å². The third kappa shape index (κ3) is 1.81. The maximum atomic E-state index is 11.3. The lowest BCUT2D eigenvalue weighted by Gasteiger charge is -2.32. The number of rotatable bonds is 2. The quantitative estimate of drug-likeness (QED) is 0.849. The lowest BCUT2D eigenvalue weighted by molar-refractivity contribution is -0.139. The molecular weight excluding hydrogens is 230 g/mol. The normalized spacial score (nSPS) is 20.2. The first-order valence-electron chi connectivity index (χ1n) is 6.20. The molecule has 5 nitrogen and oxygen atoms in total. The molecule has 0 amide bonds. The van der Waals surface area contributed by atoms with Crippen LogP contribution in [0.4, 0.5) is 5.95 Å². The molecule has 2 N–H and O–H groups in total. The second-order valence-corrected chi connectivity index (χ2v) is 4.62. The maximum absolute atomic E-state index is 11.3. The van der Waals surface area contributed by atoms with Gasteiger partial charge < -0.3 is 15.0 Å². The molecule has 0 unspecified atom stereocenters. The molecule has 94 valence electrons. The van der Waals surface area contributed by atoms with Gasteiger partial charge in [0.15, 0.2) is 0 Å². The molecule has 0 radical (unpaired) electrons. The molecule has 5 heteroatoms. The van der Waals surface area contributed by atoms with Crippen molar-refractivity contribution < 1.29 is 9.90 Å². The summed E-state index contributed by atoms with van der Waals surface area (Å²) in [4.78, 5) is 20.8. The highest BCUT2D eigenvalue weighted by atomic mass is 16.4. The molecule has 1 aliphatic heterocycles. The van der Waals surface area contributed by atoms with E-state index in [2.05, 4.69) is 9.97 Å². The van der Waals surface area contributed by atoms with Crippen molar-refractivity contribution in [2.75, 3.05) is 11.4 Å². The largest absolute Gasteiger partial charge is 0.480 e. The Kier molecular flexibility index (Phi) is 2.66. The molecule has 0 bridgehead atoms. The first kappa shape index (κ1) is 11.1. The van der Waals surface area contributed by atoms with Gasteiger partial charge in [-0.05, 0) is 31.4 Å². The molecular formula is C13H15N3O2. The Morgan fingerprint density at radius 1 is 1.39 bits per heavy atom. The summed E-state index contributed by atoms with van der Waals surface area (Å²) in [5.74, 6) is -0.0987. The van der Waals surface area contributed by atoms with Crippen molar-refractivity contribution in [1.82, 2.24) is 9.97 Å². The summed E-state index contributed by atoms with van der Waals surface area (Å²) in [6.45, 7) is 0.747. The third-order valence-corrected chi connectivity index (χ3v) is 3.44. The molecule has 1 fully saturated rings. The van der Waals surface area contributed by atoms with Crippen molar-refractivity contribution in [1.29, 1.82) is 0 Å². The van der Waals surface area contributed by atoms with E-state index < -0.39 is 12.0 Å². The van der Waals surface area contributed by atoms with Gasteiger partial charge in [-0.1, -0.05) is 12.1 Å². The number of carbonyl (C=O) groups is 1. The average Bonchev–Trinajstić information content (AvgIpc) is 2.82. The second kappa shape index (κ2) is 4.33. The van der Waals surface area contributed by atoms with Crippen LogP contribution in [-0.2, 0) is 4.79 Å². The lowest BCUT2D eigenvalue weighted by Crippen LogP contribution is -2.45. The number of nitrogens with zero attached hydrogens (tertiary/aromatic N) is 2. The molecule has 1 atom stereocenters. The SMILES string of the molecule is O=C(O)[C@@H]1CCCCN1c1nc2ccccc2[nH]1. The summed E-state index contributed by atoms with van der Waals surface area (Å²) in [5.41, 5.74) is 1.82. The van der Waals surface area contributed by atoms with Crippen molar-refractivity contribution >= 4 is 23.0 Å². The highest BCUT2D eigenvalue weighted by Gasteiger charge is 2.30. The maximum Gasteiger partial charge on any atom is 0.326 e. The van der Waals surface area contributed by atoms with Crippen molar-refractivity contribution in [2.24, 2.45) is 0 Å². The Labute approximate surface area is 104 Å². The zero-order chi connectivity index (χ0) is 12.5. The van der Waals surface area contributed by atoms with E-state index in [9.17, 15) is 9.90 Å². The molecule has 0 spiro atoms. The van der Waals surface area contributed by atoms with Crippen LogP contribution in [0.1, 0.15) is 19.3 Å². The summed E-state index contributed by atoms with van der Waals surface area (Å²) < 4.78 is 0. The van der Waals surface area contributed by atoms with Gasteiger partial charge in [-0.15, -0.1) is 0 Å². The number of nitrogens with one attached hydrogen (secondary N) is 1. The zero-order valence-corrected chi connectivity index (χ0v) is 9.97. The monoisotopic (exact) mass is 245 g/mol. The van der Waals surface area contributed by atoms with E-state index in [0.717, 1.165) is 30.4 Å². The summed E-state index contributed by atoms with van der Waals surface area (Å²) in [5, 5.41) is 9.26. The summed E-state index contributed by atoms with van der Waals surface area (Å²) >= 11 is 0. The minimum Gasteiger partial charge on any atom is -0.480 e. The number of aliphatic carboxylic acids is 1. The number of aromatic nitrogens is 2. The fourth-order valence-corrected chi connectivity index (χ4v) is 2.52. The van der Waals surface area contributed by atoms with Crippen LogP contribution in [0.2, 0.25) is 0 Å². The standard InChI is InChI=1S/C13H15N3O2/c17-12(18)11-7-3-4-8-16(11)13-14-9-5-1-2-6-10(9)15-13/h1-2,5-6,11H,3-4,7-8H2,(H,14,15)(H,17,18)/t11-/m0/s1. The van der Waals surface area contributed by atoms with Crippen molar-refractivity contribution in [3.63, 3.8) is 0 Å². The van der Waals surface area contributed by atoms with Gasteiger partial charge in [0.1, 0.15) is 6.04 Å². The molecule has 1 aromatic carbocycles. The molecule has 18 heavy (non-hydrogen) atoms. The van der Waals surface area contributed by atoms with Crippen molar-refractivity contribution in [3.05, 3.63) is 24.3 Å². The molecule has 0 saturated carbocycles. The van der Waals surface area contributed by atoms with Crippen LogP contribution in [0.5, 0.6) is 0 Å². The predicted molar refractivity (Wildman–Crippen MR) is 68.7 cm³/mol. The van der Waals surface area contributed by atoms with E-state index in [4.69, 9.17) is 0 Å². The number of carboxylic acids is 1. The molecule has 1 saturated heterocycles. The van der Waals surface area contributed by atoms with Gasteiger partial charge in [-0.25, -0.2) is 9.78 Å². The molecule has 1 aromatic heterocycles. The number of hydrogen-bond acceptors (Lipinski definition) is 3. The third-order valence-electron chi connectivity index (χ3n) is 3.44. The van der Waals surface area contributed by atoms with Crippen LogP contribution in [0.25, 0.3) is 11.0 Å². The van der Waals surface area contributed by atoms with Crippen LogP contribution in [0.3, 0.4) is 0 Å². The van der Waals surface area contributed by atoms with Crippen molar-refractivity contribution in [2.45, 2.75) is 25.3 Å². The Morgan fingerprint density at radius 2 is 2.22 bits per heavy atom. The Balaban J connectivity index is 1.98. The van der Waals surface area contributed by atoms with Crippen LogP contribution >= 0.6 is 0 Å². The highest BCUT2D eigenvalue weighted by molar-refractivity contribution is 5.81. The highest BCUT2D eigenvalue weighted by Crippen LogP contribution is 2.24. The van der Waals surface area contributed by atoms with E-state index in [1.165, 1.54) is 0 Å². The predicted octanol–water partition coefficient (Wildman–Crippen LogP) is 2.01. The molecule has 1 aliphatic rings. The number of aromatic amines is 1. The molecule has 0 aliphatic carbocycles. The molecule has 3 rings (SSSR count). The van der Waals surface area contributed by atoms with E-state index >= 15 is 0 Å². The first-order chi connectivity index (χ1) is 8.75. The number of imidazole rings is 1. The van der Waals surface area contributed by atoms with Crippen LogP contribution < -0.4 is 4.90 Å². The summed E-state index contributed by atoms with van der Waals surface area (Å²) in [6, 6.07) is 7.28. The lowest BCUT2D eigenvalue weighted by atomic mass is 10.0. The minimum atomic E-state index is -0.768. The van der Waals surface area contributed by atoms with E-state index in [1.807, 2.05) is 29.2 Å². The number of fused-ring (bicyclic) bond motifs is 1. The second-order valence-electron chi connectivity index (χ2n) is 4.62. The molecule has 2 aromatic rings. The van der Waals surface area contributed by atoms with Crippen LogP contribution in [0, 0.1) is 0 Å². The van der Waals surface area contributed by atoms with E-state index in [-0.39, 0.29) is 0 Å². The first-order valence-corrected chi connectivity index (χ1v) is 6.20. The Bertz CT molecular complexity index is 545. The average molecular weight is 245 g/mol. The Hall–Kier alpha value is -2.04. The number of anilines is 1. The number of piperidine rings is 1. The zero-order valence-electron chi connectivity index (χ0n) is 9.97. The fourth-order valence-electron chi connectivity index (χ4n) is 2.52. The van der Waals surface area contributed by atoms with Crippen LogP contribution in [0.15, 0.2) is 24.3 Å². The number of benzene rings is 1. The van der Waals surface area contributed by atoms with Crippen LogP contribution in [-0.4, -0.2) is 33.6 Å². The fraction of sp³-hybridized carbons (Fsp3) is 0.385. The Morgan fingerprint density at radius 3 is 3.00 bits per heavy atom. The number of carboxylic acid groups (broad SMARTS) is 1. The van der Waals surface area contributed by atoms with Gasteiger partial charge in [0.2, 0.25) is 5.95 Å². The smallest absolute Gasteiger partial charge is 0.326 e. The van der Waals surface area contributed by atoms with E-state index in [0.29, 0.717) is 12.4 Å².